The van der Waals surface area contributed by atoms with Gasteiger partial charge in [-0.05, 0) is 54.7 Å². The summed E-state index contributed by atoms with van der Waals surface area (Å²) >= 11 is 5.77. The summed E-state index contributed by atoms with van der Waals surface area (Å²) in [6.45, 7) is 2.67. The number of carbonyl (C=O) groups is 1. The van der Waals surface area contributed by atoms with E-state index in [1.165, 1.54) is 30.3 Å². The minimum absolute atomic E-state index is 0.0542. The van der Waals surface area contributed by atoms with Crippen LogP contribution < -0.4 is 0 Å². The molecule has 0 saturated carbocycles. The van der Waals surface area contributed by atoms with Crippen LogP contribution in [0.15, 0.2) is 42.5 Å². The van der Waals surface area contributed by atoms with Gasteiger partial charge in [0.15, 0.2) is 0 Å². The van der Waals surface area contributed by atoms with Crippen molar-refractivity contribution in [2.24, 2.45) is 5.92 Å². The van der Waals surface area contributed by atoms with Crippen molar-refractivity contribution in [3.63, 3.8) is 0 Å². The third kappa shape index (κ3) is 4.60. The lowest BCUT2D eigenvalue weighted by molar-refractivity contribution is -0.0950. The highest BCUT2D eigenvalue weighted by atomic mass is 35.5. The SMILES string of the molecule is O=C(c1ccc(F)c(Cl)c1)N1CC2(CC(CCOCc3cccc(F)c3)CO2)C1. The van der Waals surface area contributed by atoms with Crippen LogP contribution in [0.2, 0.25) is 5.02 Å². The van der Waals surface area contributed by atoms with Crippen molar-refractivity contribution in [1.82, 2.24) is 4.90 Å². The molecule has 1 spiro atoms. The topological polar surface area (TPSA) is 38.8 Å². The van der Waals surface area contributed by atoms with E-state index in [2.05, 4.69) is 0 Å². The van der Waals surface area contributed by atoms with E-state index in [1.54, 1.807) is 11.0 Å². The van der Waals surface area contributed by atoms with Crippen molar-refractivity contribution in [2.75, 3.05) is 26.3 Å². The number of halogens is 3. The second-order valence-corrected chi connectivity index (χ2v) is 8.23. The van der Waals surface area contributed by atoms with Gasteiger partial charge in [0.2, 0.25) is 0 Å². The molecule has 4 rings (SSSR count). The van der Waals surface area contributed by atoms with Crippen LogP contribution in [0, 0.1) is 17.6 Å². The summed E-state index contributed by atoms with van der Waals surface area (Å²) in [4.78, 5) is 14.2. The van der Waals surface area contributed by atoms with Crippen LogP contribution in [-0.4, -0.2) is 42.7 Å². The summed E-state index contributed by atoms with van der Waals surface area (Å²) in [6, 6.07) is 10.4. The number of hydrogen-bond acceptors (Lipinski definition) is 3. The number of hydrogen-bond donors (Lipinski definition) is 0. The van der Waals surface area contributed by atoms with Crippen molar-refractivity contribution in [3.8, 4) is 0 Å². The first kappa shape index (κ1) is 20.3. The molecule has 0 radical (unpaired) electrons. The maximum atomic E-state index is 13.3. The van der Waals surface area contributed by atoms with Gasteiger partial charge in [0.1, 0.15) is 17.2 Å². The van der Waals surface area contributed by atoms with Crippen LogP contribution in [0.4, 0.5) is 8.78 Å². The van der Waals surface area contributed by atoms with Gasteiger partial charge in [0.05, 0.1) is 31.3 Å². The lowest BCUT2D eigenvalue weighted by Crippen LogP contribution is -2.63. The Morgan fingerprint density at radius 2 is 2.07 bits per heavy atom. The number of amides is 1. The van der Waals surface area contributed by atoms with E-state index >= 15 is 0 Å². The molecule has 1 atom stereocenters. The van der Waals surface area contributed by atoms with E-state index in [0.717, 1.165) is 18.4 Å². The maximum absolute atomic E-state index is 13.3. The van der Waals surface area contributed by atoms with Crippen molar-refractivity contribution in [3.05, 3.63) is 70.2 Å². The molecule has 2 aromatic carbocycles. The van der Waals surface area contributed by atoms with Crippen molar-refractivity contribution >= 4 is 17.5 Å². The van der Waals surface area contributed by atoms with E-state index < -0.39 is 5.82 Å². The third-order valence-corrected chi connectivity index (χ3v) is 5.82. The molecule has 4 nitrogen and oxygen atoms in total. The molecular formula is C22H22ClF2NO3. The summed E-state index contributed by atoms with van der Waals surface area (Å²) < 4.78 is 38.1. The predicted octanol–water partition coefficient (Wildman–Crippen LogP) is 4.46. The molecule has 2 aliphatic rings. The first-order chi connectivity index (χ1) is 13.9. The largest absolute Gasteiger partial charge is 0.377 e. The zero-order valence-corrected chi connectivity index (χ0v) is 16.6. The number of rotatable bonds is 6. The average molecular weight is 422 g/mol. The fourth-order valence-electron chi connectivity index (χ4n) is 4.02. The highest BCUT2D eigenvalue weighted by Crippen LogP contribution is 2.39. The van der Waals surface area contributed by atoms with Crippen LogP contribution in [0.3, 0.4) is 0 Å². The Morgan fingerprint density at radius 3 is 2.83 bits per heavy atom. The van der Waals surface area contributed by atoms with E-state index in [0.29, 0.717) is 44.4 Å². The number of benzene rings is 2. The van der Waals surface area contributed by atoms with Gasteiger partial charge in [-0.25, -0.2) is 8.78 Å². The van der Waals surface area contributed by atoms with Crippen molar-refractivity contribution in [1.29, 1.82) is 0 Å². The van der Waals surface area contributed by atoms with E-state index in [4.69, 9.17) is 21.1 Å². The highest BCUT2D eigenvalue weighted by molar-refractivity contribution is 6.31. The minimum Gasteiger partial charge on any atom is -0.377 e. The summed E-state index contributed by atoms with van der Waals surface area (Å²) in [5, 5.41) is -0.0542. The number of ether oxygens (including phenoxy) is 2. The Morgan fingerprint density at radius 1 is 1.24 bits per heavy atom. The molecule has 2 fully saturated rings. The standard InChI is InChI=1S/C22H22ClF2NO3/c23-19-9-17(4-5-20(19)25)21(27)26-13-22(14-26)10-16(12-29-22)6-7-28-11-15-2-1-3-18(24)8-15/h1-5,8-9,16H,6-7,10-14H2. The van der Waals surface area contributed by atoms with Crippen LogP contribution >= 0.6 is 11.6 Å². The number of likely N-dealkylation sites (tertiary alicyclic amines) is 1. The van der Waals surface area contributed by atoms with Gasteiger partial charge < -0.3 is 14.4 Å². The Balaban J connectivity index is 1.20. The predicted molar refractivity (Wildman–Crippen MR) is 105 cm³/mol. The second-order valence-electron chi connectivity index (χ2n) is 7.83. The maximum Gasteiger partial charge on any atom is 0.254 e. The number of carbonyl (C=O) groups excluding carboxylic acids is 1. The Hall–Kier alpha value is -2.02. The lowest BCUT2D eigenvalue weighted by atomic mass is 9.85. The van der Waals surface area contributed by atoms with Gasteiger partial charge in [-0.2, -0.15) is 0 Å². The van der Waals surface area contributed by atoms with Crippen LogP contribution in [0.5, 0.6) is 0 Å². The molecular weight excluding hydrogens is 400 g/mol. The third-order valence-electron chi connectivity index (χ3n) is 5.53. The van der Waals surface area contributed by atoms with Crippen LogP contribution in [0.1, 0.15) is 28.8 Å². The Kier molecular flexibility index (Phi) is 5.86. The Bertz CT molecular complexity index is 901. The van der Waals surface area contributed by atoms with Gasteiger partial charge in [-0.15, -0.1) is 0 Å². The molecule has 2 heterocycles. The van der Waals surface area contributed by atoms with Crippen molar-refractivity contribution in [2.45, 2.75) is 25.0 Å². The van der Waals surface area contributed by atoms with Crippen LogP contribution in [-0.2, 0) is 16.1 Å². The fraction of sp³-hybridized carbons (Fsp3) is 0.409. The summed E-state index contributed by atoms with van der Waals surface area (Å²) in [5.74, 6) is -0.586. The summed E-state index contributed by atoms with van der Waals surface area (Å²) in [7, 11) is 0. The smallest absolute Gasteiger partial charge is 0.254 e. The molecule has 154 valence electrons. The second kappa shape index (κ2) is 8.38. The minimum atomic E-state index is -0.537. The van der Waals surface area contributed by atoms with Crippen molar-refractivity contribution < 1.29 is 23.0 Å². The monoisotopic (exact) mass is 421 g/mol. The Labute approximate surface area is 173 Å². The molecule has 7 heteroatoms. The molecule has 0 aromatic heterocycles. The lowest BCUT2D eigenvalue weighted by Gasteiger charge is -2.47. The van der Waals surface area contributed by atoms with Gasteiger partial charge in [0, 0.05) is 12.2 Å². The average Bonchev–Trinajstić information content (AvgIpc) is 3.10. The quantitative estimate of drug-likeness (QED) is 0.646. The van der Waals surface area contributed by atoms with Gasteiger partial charge in [-0.1, -0.05) is 23.7 Å². The molecule has 1 unspecified atom stereocenters. The summed E-state index contributed by atoms with van der Waals surface area (Å²) in [6.07, 6.45) is 1.74. The van der Waals surface area contributed by atoms with E-state index in [1.807, 2.05) is 6.07 Å². The molecule has 2 aromatic rings. The van der Waals surface area contributed by atoms with E-state index in [-0.39, 0.29) is 22.3 Å². The molecule has 0 N–H and O–H groups in total. The van der Waals surface area contributed by atoms with Gasteiger partial charge >= 0.3 is 0 Å². The fourth-order valence-corrected chi connectivity index (χ4v) is 4.20. The highest BCUT2D eigenvalue weighted by Gasteiger charge is 2.51. The molecule has 0 bridgehead atoms. The molecule has 0 aliphatic carbocycles. The zero-order chi connectivity index (χ0) is 20.4. The van der Waals surface area contributed by atoms with Crippen LogP contribution in [0.25, 0.3) is 0 Å². The molecule has 2 saturated heterocycles. The van der Waals surface area contributed by atoms with Gasteiger partial charge in [-0.3, -0.25) is 4.79 Å². The normalized spacial score (nSPS) is 20.1. The molecule has 29 heavy (non-hydrogen) atoms. The van der Waals surface area contributed by atoms with Gasteiger partial charge in [0.25, 0.3) is 5.91 Å². The first-order valence-corrected chi connectivity index (χ1v) is 10.0. The molecule has 2 aliphatic heterocycles. The zero-order valence-electron chi connectivity index (χ0n) is 15.9. The van der Waals surface area contributed by atoms with E-state index in [9.17, 15) is 13.6 Å². The summed E-state index contributed by atoms with van der Waals surface area (Å²) in [5.41, 5.74) is 0.914. The number of nitrogens with zero attached hydrogens (tertiary/aromatic N) is 1. The molecule has 1 amide bonds. The first-order valence-electron chi connectivity index (χ1n) is 9.65.